The van der Waals surface area contributed by atoms with Gasteiger partial charge in [0.1, 0.15) is 5.60 Å². The molecule has 0 heterocycles. The van der Waals surface area contributed by atoms with Crippen molar-refractivity contribution in [2.45, 2.75) is 64.9 Å². The van der Waals surface area contributed by atoms with Crippen LogP contribution in [0.2, 0.25) is 0 Å². The number of fused-ring (bicyclic) bond motifs is 3. The zero-order valence-corrected chi connectivity index (χ0v) is 16.6. The van der Waals surface area contributed by atoms with Crippen molar-refractivity contribution in [3.63, 3.8) is 0 Å². The number of hydrogen-bond donors (Lipinski definition) is 0. The van der Waals surface area contributed by atoms with Gasteiger partial charge in [-0.05, 0) is 66.2 Å². The molecule has 0 fully saturated rings. The Balaban J connectivity index is 2.06. The number of benzene rings is 1. The molecular formula is C25H32O. The quantitative estimate of drug-likeness (QED) is 0.432. The molecule has 1 aromatic carbocycles. The van der Waals surface area contributed by atoms with E-state index in [1.807, 2.05) is 6.92 Å². The summed E-state index contributed by atoms with van der Waals surface area (Å²) < 4.78 is 6.60. The molecular weight excluding hydrogens is 316 g/mol. The molecule has 1 atom stereocenters. The van der Waals surface area contributed by atoms with Gasteiger partial charge in [-0.1, -0.05) is 75.6 Å². The van der Waals surface area contributed by atoms with Gasteiger partial charge in [0.25, 0.3) is 0 Å². The topological polar surface area (TPSA) is 9.23 Å². The predicted octanol–water partition coefficient (Wildman–Crippen LogP) is 7.12. The first-order valence-electron chi connectivity index (χ1n) is 10.1. The van der Waals surface area contributed by atoms with Gasteiger partial charge in [-0.15, -0.1) is 0 Å². The fourth-order valence-corrected chi connectivity index (χ4v) is 3.97. The fourth-order valence-electron chi connectivity index (χ4n) is 3.97. The summed E-state index contributed by atoms with van der Waals surface area (Å²) in [6, 6.07) is 8.73. The van der Waals surface area contributed by atoms with E-state index in [-0.39, 0.29) is 5.60 Å². The van der Waals surface area contributed by atoms with E-state index in [9.17, 15) is 0 Å². The summed E-state index contributed by atoms with van der Waals surface area (Å²) in [5.41, 5.74) is 7.56. The summed E-state index contributed by atoms with van der Waals surface area (Å²) in [5, 5.41) is 0. The Bertz CT molecular complexity index is 762. The van der Waals surface area contributed by atoms with Crippen LogP contribution in [0.3, 0.4) is 0 Å². The maximum absolute atomic E-state index is 6.60. The minimum atomic E-state index is -0.318. The summed E-state index contributed by atoms with van der Waals surface area (Å²) in [6.07, 6.45) is 14.1. The van der Waals surface area contributed by atoms with Crippen LogP contribution in [0, 0.1) is 0 Å². The van der Waals surface area contributed by atoms with Crippen molar-refractivity contribution in [3.05, 3.63) is 70.8 Å². The van der Waals surface area contributed by atoms with Crippen LogP contribution in [-0.4, -0.2) is 12.2 Å². The number of unbranched alkanes of at least 4 members (excludes halogenated alkanes) is 2. The first-order valence-corrected chi connectivity index (χ1v) is 10.1. The molecule has 0 N–H and O–H groups in total. The van der Waals surface area contributed by atoms with Gasteiger partial charge in [-0.25, -0.2) is 0 Å². The largest absolute Gasteiger partial charge is 0.362 e. The van der Waals surface area contributed by atoms with Gasteiger partial charge in [0.15, 0.2) is 0 Å². The summed E-state index contributed by atoms with van der Waals surface area (Å²) in [7, 11) is 0. The third-order valence-corrected chi connectivity index (χ3v) is 5.34. The van der Waals surface area contributed by atoms with Crippen molar-refractivity contribution in [2.24, 2.45) is 0 Å². The second-order valence-corrected chi connectivity index (χ2v) is 7.76. The molecule has 2 aliphatic rings. The van der Waals surface area contributed by atoms with E-state index in [4.69, 9.17) is 4.74 Å². The molecule has 1 heteroatoms. The van der Waals surface area contributed by atoms with Gasteiger partial charge in [0.05, 0.1) is 6.61 Å². The van der Waals surface area contributed by atoms with Crippen LogP contribution < -0.4 is 0 Å². The van der Waals surface area contributed by atoms with Crippen molar-refractivity contribution in [1.29, 1.82) is 0 Å². The van der Waals surface area contributed by atoms with Crippen LogP contribution >= 0.6 is 0 Å². The van der Waals surface area contributed by atoms with E-state index in [1.165, 1.54) is 47.1 Å². The van der Waals surface area contributed by atoms with E-state index in [2.05, 4.69) is 62.9 Å². The third-order valence-electron chi connectivity index (χ3n) is 5.34. The van der Waals surface area contributed by atoms with Gasteiger partial charge in [0.2, 0.25) is 0 Å². The molecule has 0 saturated heterocycles. The Kier molecular flexibility index (Phi) is 5.98. The summed E-state index contributed by atoms with van der Waals surface area (Å²) >= 11 is 0. The van der Waals surface area contributed by atoms with E-state index >= 15 is 0 Å². The molecule has 0 amide bonds. The number of rotatable bonds is 9. The first kappa shape index (κ1) is 18.9. The highest BCUT2D eigenvalue weighted by Gasteiger charge is 2.40. The SMILES string of the molecule is C=C(C)COC1(CCCC)C=C(CCCC)C=C2C1=Cc1ccccc12. The molecule has 1 nitrogen and oxygen atoms in total. The third kappa shape index (κ3) is 3.78. The van der Waals surface area contributed by atoms with Crippen LogP contribution in [-0.2, 0) is 4.74 Å². The van der Waals surface area contributed by atoms with Crippen molar-refractivity contribution < 1.29 is 4.74 Å². The van der Waals surface area contributed by atoms with Crippen molar-refractivity contribution in [1.82, 2.24) is 0 Å². The average molecular weight is 349 g/mol. The molecule has 0 aliphatic heterocycles. The molecule has 138 valence electrons. The zero-order valence-electron chi connectivity index (χ0n) is 16.6. The molecule has 26 heavy (non-hydrogen) atoms. The molecule has 0 aromatic heterocycles. The second kappa shape index (κ2) is 8.22. The maximum Gasteiger partial charge on any atom is 0.113 e. The Morgan fingerprint density at radius 3 is 2.58 bits per heavy atom. The van der Waals surface area contributed by atoms with Gasteiger partial charge in [0, 0.05) is 0 Å². The molecule has 0 saturated carbocycles. The van der Waals surface area contributed by atoms with Gasteiger partial charge in [-0.3, -0.25) is 0 Å². The summed E-state index contributed by atoms with van der Waals surface area (Å²) in [5.74, 6) is 0. The van der Waals surface area contributed by atoms with E-state index in [1.54, 1.807) is 0 Å². The summed E-state index contributed by atoms with van der Waals surface area (Å²) in [4.78, 5) is 0. The lowest BCUT2D eigenvalue weighted by atomic mass is 9.77. The highest BCUT2D eigenvalue weighted by Crippen LogP contribution is 2.49. The first-order chi connectivity index (χ1) is 12.6. The van der Waals surface area contributed by atoms with Crippen LogP contribution in [0.4, 0.5) is 0 Å². The average Bonchev–Trinajstić information content (AvgIpc) is 3.02. The molecule has 0 bridgehead atoms. The molecule has 1 unspecified atom stereocenters. The van der Waals surface area contributed by atoms with Gasteiger partial charge in [-0.2, -0.15) is 0 Å². The Hall–Kier alpha value is -1.86. The molecule has 0 spiro atoms. The van der Waals surface area contributed by atoms with E-state index in [0.29, 0.717) is 6.61 Å². The van der Waals surface area contributed by atoms with Crippen LogP contribution in [0.15, 0.2) is 59.7 Å². The van der Waals surface area contributed by atoms with Crippen LogP contribution in [0.5, 0.6) is 0 Å². The zero-order chi connectivity index (χ0) is 18.6. The number of ether oxygens (including phenoxy) is 1. The Morgan fingerprint density at radius 1 is 1.08 bits per heavy atom. The van der Waals surface area contributed by atoms with Crippen LogP contribution in [0.25, 0.3) is 11.6 Å². The Labute approximate surface area is 159 Å². The van der Waals surface area contributed by atoms with Crippen molar-refractivity contribution >= 4 is 11.6 Å². The van der Waals surface area contributed by atoms with E-state index < -0.39 is 0 Å². The molecule has 3 rings (SSSR count). The lowest BCUT2D eigenvalue weighted by Crippen LogP contribution is -2.35. The van der Waals surface area contributed by atoms with Crippen molar-refractivity contribution in [3.8, 4) is 0 Å². The standard InChI is InChI=1S/C25H32O/c1-5-7-11-20-15-23-22-13-10-9-12-21(22)16-24(23)25(17-20,14-8-6-2)26-18-19(3)4/h9-10,12-13,15-17H,3,5-8,11,14,18H2,1-2,4H3. The summed E-state index contributed by atoms with van der Waals surface area (Å²) in [6.45, 7) is 11.2. The van der Waals surface area contributed by atoms with Crippen molar-refractivity contribution in [2.75, 3.05) is 6.61 Å². The molecule has 1 aromatic rings. The van der Waals surface area contributed by atoms with E-state index in [0.717, 1.165) is 24.8 Å². The smallest absolute Gasteiger partial charge is 0.113 e. The van der Waals surface area contributed by atoms with Crippen LogP contribution in [0.1, 0.15) is 70.4 Å². The molecule has 0 radical (unpaired) electrons. The second-order valence-electron chi connectivity index (χ2n) is 7.76. The monoisotopic (exact) mass is 348 g/mol. The number of allylic oxidation sites excluding steroid dienone is 2. The minimum absolute atomic E-state index is 0.318. The van der Waals surface area contributed by atoms with Gasteiger partial charge < -0.3 is 4.74 Å². The highest BCUT2D eigenvalue weighted by atomic mass is 16.5. The lowest BCUT2D eigenvalue weighted by molar-refractivity contribution is 0.0289. The normalized spacial score (nSPS) is 20.8. The highest BCUT2D eigenvalue weighted by molar-refractivity contribution is 5.98. The predicted molar refractivity (Wildman–Crippen MR) is 113 cm³/mol. The number of hydrogen-bond acceptors (Lipinski definition) is 1. The van der Waals surface area contributed by atoms with Gasteiger partial charge >= 0.3 is 0 Å². The maximum atomic E-state index is 6.60. The fraction of sp³-hybridized carbons (Fsp3) is 0.440. The minimum Gasteiger partial charge on any atom is -0.362 e. The lowest BCUT2D eigenvalue weighted by Gasteiger charge is -2.37. The molecule has 2 aliphatic carbocycles. The Morgan fingerprint density at radius 2 is 1.85 bits per heavy atom.